The van der Waals surface area contributed by atoms with Crippen LogP contribution in [0.15, 0.2) is 22.7 Å². The smallest absolute Gasteiger partial charge is 0.163 e. The van der Waals surface area contributed by atoms with Gasteiger partial charge in [-0.3, -0.25) is 0 Å². The molecule has 0 atom stereocenters. The maximum Gasteiger partial charge on any atom is 0.163 e. The van der Waals surface area contributed by atoms with Crippen LogP contribution in [0.25, 0.3) is 11.4 Å². The highest BCUT2D eigenvalue weighted by molar-refractivity contribution is 9.10. The van der Waals surface area contributed by atoms with Crippen LogP contribution in [0.3, 0.4) is 0 Å². The van der Waals surface area contributed by atoms with Crippen molar-refractivity contribution in [2.75, 3.05) is 0 Å². The van der Waals surface area contributed by atoms with Crippen molar-refractivity contribution in [3.8, 4) is 11.4 Å². The average molecular weight is 365 g/mol. The highest BCUT2D eigenvalue weighted by Crippen LogP contribution is 2.26. The van der Waals surface area contributed by atoms with Gasteiger partial charge in [-0.25, -0.2) is 0 Å². The first-order chi connectivity index (χ1) is 7.61. The second-order valence-electron chi connectivity index (χ2n) is 3.29. The molecule has 0 bridgehead atoms. The van der Waals surface area contributed by atoms with Crippen LogP contribution in [0, 0.1) is 0 Å². The molecule has 2 rings (SSSR count). The summed E-state index contributed by atoms with van der Waals surface area (Å²) in [5.41, 5.74) is 0.946. The predicted octanol–water partition coefficient (Wildman–Crippen LogP) is 3.79. The zero-order valence-corrected chi connectivity index (χ0v) is 12.3. The minimum Gasteiger partial charge on any atom is -0.313 e. The van der Waals surface area contributed by atoms with Gasteiger partial charge in [0.05, 0.1) is 5.33 Å². The molecular formula is C10H8Br2ClN3. The summed E-state index contributed by atoms with van der Waals surface area (Å²) in [5.74, 6) is 1.68. The summed E-state index contributed by atoms with van der Waals surface area (Å²) >= 11 is 12.8. The molecule has 0 aliphatic rings. The zero-order chi connectivity index (χ0) is 11.7. The molecule has 1 heterocycles. The average Bonchev–Trinajstić information content (AvgIpc) is 2.58. The Bertz CT molecular complexity index is 505. The molecule has 6 heteroatoms. The van der Waals surface area contributed by atoms with Crippen LogP contribution in [0.2, 0.25) is 5.02 Å². The van der Waals surface area contributed by atoms with Crippen LogP contribution in [-0.4, -0.2) is 14.8 Å². The second kappa shape index (κ2) is 4.85. The molecule has 0 radical (unpaired) electrons. The van der Waals surface area contributed by atoms with Gasteiger partial charge in [0.2, 0.25) is 0 Å². The minimum atomic E-state index is 0.674. The van der Waals surface area contributed by atoms with E-state index in [1.54, 1.807) is 0 Å². The fraction of sp³-hybridized carbons (Fsp3) is 0.200. The Hall–Kier alpha value is -0.390. The molecule has 0 unspecified atom stereocenters. The third kappa shape index (κ3) is 2.31. The van der Waals surface area contributed by atoms with Crippen molar-refractivity contribution in [2.24, 2.45) is 7.05 Å². The molecule has 1 aromatic heterocycles. The van der Waals surface area contributed by atoms with Gasteiger partial charge in [-0.2, -0.15) is 0 Å². The van der Waals surface area contributed by atoms with E-state index in [4.69, 9.17) is 11.6 Å². The van der Waals surface area contributed by atoms with Crippen molar-refractivity contribution in [1.82, 2.24) is 14.8 Å². The third-order valence-corrected chi connectivity index (χ3v) is 3.38. The number of aromatic nitrogens is 3. The lowest BCUT2D eigenvalue weighted by molar-refractivity contribution is 0.859. The second-order valence-corrected chi connectivity index (χ2v) is 5.20. The summed E-state index contributed by atoms with van der Waals surface area (Å²) < 4.78 is 2.87. The Morgan fingerprint density at radius 3 is 2.62 bits per heavy atom. The van der Waals surface area contributed by atoms with Crippen molar-refractivity contribution in [2.45, 2.75) is 5.33 Å². The molecule has 0 fully saturated rings. The normalized spacial score (nSPS) is 10.8. The number of rotatable bonds is 2. The van der Waals surface area contributed by atoms with E-state index in [-0.39, 0.29) is 0 Å². The monoisotopic (exact) mass is 363 g/mol. The summed E-state index contributed by atoms with van der Waals surface area (Å²) in [6.45, 7) is 0. The van der Waals surface area contributed by atoms with Crippen LogP contribution in [0.5, 0.6) is 0 Å². The fourth-order valence-electron chi connectivity index (χ4n) is 1.41. The maximum atomic E-state index is 6.00. The molecule has 0 aliphatic carbocycles. The predicted molar refractivity (Wildman–Crippen MR) is 71.8 cm³/mol. The molecule has 1 aromatic carbocycles. The number of hydrogen-bond acceptors (Lipinski definition) is 2. The van der Waals surface area contributed by atoms with Crippen molar-refractivity contribution < 1.29 is 0 Å². The number of nitrogens with zero attached hydrogens (tertiary/aromatic N) is 3. The topological polar surface area (TPSA) is 30.7 Å². The molecule has 0 amide bonds. The van der Waals surface area contributed by atoms with Crippen LogP contribution in [-0.2, 0) is 12.4 Å². The van der Waals surface area contributed by atoms with Crippen LogP contribution < -0.4 is 0 Å². The molecule has 0 aliphatic heterocycles. The summed E-state index contributed by atoms with van der Waals surface area (Å²) in [7, 11) is 1.93. The Balaban J connectivity index is 2.54. The van der Waals surface area contributed by atoms with Crippen molar-refractivity contribution in [1.29, 1.82) is 0 Å². The summed E-state index contributed by atoms with van der Waals surface area (Å²) in [5, 5.41) is 9.57. The van der Waals surface area contributed by atoms with Crippen molar-refractivity contribution in [3.05, 3.63) is 33.5 Å². The Labute approximate surface area is 115 Å². The lowest BCUT2D eigenvalue weighted by Gasteiger charge is -2.03. The summed E-state index contributed by atoms with van der Waals surface area (Å²) in [6, 6.07) is 5.68. The van der Waals surface area contributed by atoms with E-state index in [1.807, 2.05) is 29.8 Å². The van der Waals surface area contributed by atoms with Gasteiger partial charge in [-0.05, 0) is 18.2 Å². The molecule has 3 nitrogen and oxygen atoms in total. The van der Waals surface area contributed by atoms with Gasteiger partial charge in [0.25, 0.3) is 0 Å². The first kappa shape index (κ1) is 12.1. The first-order valence-corrected chi connectivity index (χ1v) is 6.81. The zero-order valence-electron chi connectivity index (χ0n) is 8.41. The molecule has 2 aromatic rings. The van der Waals surface area contributed by atoms with Gasteiger partial charge in [0.1, 0.15) is 5.82 Å². The van der Waals surface area contributed by atoms with E-state index in [1.165, 1.54) is 0 Å². The quantitative estimate of drug-likeness (QED) is 0.758. The van der Waals surface area contributed by atoms with E-state index in [0.717, 1.165) is 21.7 Å². The van der Waals surface area contributed by atoms with Gasteiger partial charge < -0.3 is 4.57 Å². The highest BCUT2D eigenvalue weighted by Gasteiger charge is 2.10. The highest BCUT2D eigenvalue weighted by atomic mass is 79.9. The van der Waals surface area contributed by atoms with Gasteiger partial charge in [0.15, 0.2) is 5.82 Å². The molecule has 84 valence electrons. The third-order valence-electron chi connectivity index (χ3n) is 2.21. The molecule has 0 saturated carbocycles. The molecule has 0 spiro atoms. The van der Waals surface area contributed by atoms with E-state index in [9.17, 15) is 0 Å². The number of benzene rings is 1. The van der Waals surface area contributed by atoms with Crippen LogP contribution in [0.1, 0.15) is 5.82 Å². The summed E-state index contributed by atoms with van der Waals surface area (Å²) in [6.07, 6.45) is 0. The summed E-state index contributed by atoms with van der Waals surface area (Å²) in [4.78, 5) is 0. The number of alkyl halides is 1. The minimum absolute atomic E-state index is 0.674. The van der Waals surface area contributed by atoms with E-state index in [0.29, 0.717) is 10.4 Å². The standard InChI is InChI=1S/C10H8Br2ClN3/c1-16-9(5-11)14-15-10(16)6-2-7(12)4-8(13)3-6/h2-4H,5H2,1H3. The molecular weight excluding hydrogens is 357 g/mol. The Kier molecular flexibility index (Phi) is 3.66. The largest absolute Gasteiger partial charge is 0.313 e. The van der Waals surface area contributed by atoms with Crippen molar-refractivity contribution in [3.63, 3.8) is 0 Å². The number of halogens is 3. The van der Waals surface area contributed by atoms with Crippen LogP contribution >= 0.6 is 43.5 Å². The Morgan fingerprint density at radius 2 is 2.06 bits per heavy atom. The molecule has 16 heavy (non-hydrogen) atoms. The van der Waals surface area contributed by atoms with E-state index < -0.39 is 0 Å². The fourth-order valence-corrected chi connectivity index (χ4v) is 2.76. The lowest BCUT2D eigenvalue weighted by Crippen LogP contribution is -1.97. The van der Waals surface area contributed by atoms with Gasteiger partial charge in [-0.15, -0.1) is 10.2 Å². The van der Waals surface area contributed by atoms with E-state index >= 15 is 0 Å². The number of hydrogen-bond donors (Lipinski definition) is 0. The molecule has 0 saturated heterocycles. The molecule has 0 N–H and O–H groups in total. The van der Waals surface area contributed by atoms with Crippen molar-refractivity contribution >= 4 is 43.5 Å². The first-order valence-electron chi connectivity index (χ1n) is 4.52. The van der Waals surface area contributed by atoms with Gasteiger partial charge in [0, 0.05) is 22.1 Å². The maximum absolute atomic E-state index is 6.00. The Morgan fingerprint density at radius 1 is 1.31 bits per heavy atom. The van der Waals surface area contributed by atoms with Gasteiger partial charge >= 0.3 is 0 Å². The van der Waals surface area contributed by atoms with Crippen LogP contribution in [0.4, 0.5) is 0 Å². The SMILES string of the molecule is Cn1c(CBr)nnc1-c1cc(Cl)cc(Br)c1. The lowest BCUT2D eigenvalue weighted by atomic mass is 10.2. The van der Waals surface area contributed by atoms with Gasteiger partial charge in [-0.1, -0.05) is 43.5 Å². The van der Waals surface area contributed by atoms with E-state index in [2.05, 4.69) is 42.1 Å².